The largest absolute Gasteiger partial charge is 0.477 e. The standard InChI is InChI=1S/C96H147NO8/c1-6-8-10-12-14-16-18-20-22-24-26-28-30-32-34-36-38-40-42-44-46-47-49-50-52-54-56-58-60-62-64-66-68-70-72-74-76-78-80-82-84-86-93(98)103-90-92(91-104-96(95(100)101)102-89-88-97(3,4)5)105-94(99)87-85-83-81-79-77-75-73-71-69-67-65-63-61-59-57-55-53-51-48-45-43-41-39-37-35-33-31-29-27-25-23-21-19-17-15-13-11-9-7-2/h8-11,14-17,20-23,26-29,32-35,38-41,44-46,48-50,53-56,59-62,65,67,71,73,92,96H,6-7,12-13,18-19,24-25,30-31,36-37,42-43,47,51-52,57-58,63-64,66,68-70,72,74-91H2,1-5H3/p+1/b10-8-,11-9-,16-14-,17-15-,22-20-,23-21-,28-26-,29-27-,34-32-,35-33-,40-38-,41-39-,46-44-,48-45-,50-49-,55-53-,56-54-,61-59-,62-60-,67-65-,73-71-. The number of rotatable bonds is 72. The smallest absolute Gasteiger partial charge is 0.361 e. The van der Waals surface area contributed by atoms with Crippen molar-refractivity contribution in [1.82, 2.24) is 0 Å². The zero-order valence-corrected chi connectivity index (χ0v) is 66.8. The summed E-state index contributed by atoms with van der Waals surface area (Å²) < 4.78 is 23.0. The van der Waals surface area contributed by atoms with E-state index >= 15 is 0 Å². The van der Waals surface area contributed by atoms with Crippen LogP contribution in [0.1, 0.15) is 271 Å². The van der Waals surface area contributed by atoms with E-state index in [0.717, 1.165) is 199 Å². The average molecular weight is 1440 g/mol. The van der Waals surface area contributed by atoms with Crippen LogP contribution in [-0.4, -0.2) is 87.4 Å². The van der Waals surface area contributed by atoms with Crippen molar-refractivity contribution in [2.45, 2.75) is 283 Å². The normalized spacial score (nSPS) is 14.0. The van der Waals surface area contributed by atoms with Crippen LogP contribution in [0, 0.1) is 0 Å². The molecule has 0 rings (SSSR count). The van der Waals surface area contributed by atoms with Crippen LogP contribution in [0.2, 0.25) is 0 Å². The maximum Gasteiger partial charge on any atom is 0.361 e. The summed E-state index contributed by atoms with van der Waals surface area (Å²) in [6.45, 7) is 4.59. The summed E-state index contributed by atoms with van der Waals surface area (Å²) in [5.41, 5.74) is 0. The number of hydrogen-bond donors (Lipinski definition) is 1. The number of carbonyl (C=O) groups is 3. The monoisotopic (exact) mass is 1440 g/mol. The highest BCUT2D eigenvalue weighted by Crippen LogP contribution is 2.15. The average Bonchev–Trinajstić information content (AvgIpc) is 1.97. The molecule has 9 nitrogen and oxygen atoms in total. The van der Waals surface area contributed by atoms with Gasteiger partial charge in [-0.2, -0.15) is 0 Å². The quantitative estimate of drug-likeness (QED) is 0.0211. The van der Waals surface area contributed by atoms with Gasteiger partial charge in [-0.05, 0) is 173 Å². The lowest BCUT2D eigenvalue weighted by Crippen LogP contribution is -2.40. The van der Waals surface area contributed by atoms with Gasteiger partial charge >= 0.3 is 17.9 Å². The second-order valence-electron chi connectivity index (χ2n) is 27.3. The van der Waals surface area contributed by atoms with Crippen molar-refractivity contribution >= 4 is 17.9 Å². The third-order valence-electron chi connectivity index (χ3n) is 16.3. The molecule has 0 fully saturated rings. The Morgan fingerprint density at radius 1 is 0.286 bits per heavy atom. The van der Waals surface area contributed by atoms with Gasteiger partial charge in [0.15, 0.2) is 6.10 Å². The first kappa shape index (κ1) is 97.8. The zero-order valence-electron chi connectivity index (χ0n) is 66.8. The van der Waals surface area contributed by atoms with E-state index in [0.29, 0.717) is 17.4 Å². The third kappa shape index (κ3) is 84.0. The fourth-order valence-corrected chi connectivity index (χ4v) is 10.2. The van der Waals surface area contributed by atoms with Gasteiger partial charge in [0.25, 0.3) is 6.29 Å². The number of aliphatic carboxylic acids is 1. The molecule has 0 aromatic carbocycles. The number of allylic oxidation sites excluding steroid dienone is 42. The second kappa shape index (κ2) is 82.5. The number of ether oxygens (including phenoxy) is 4. The molecule has 0 aromatic rings. The summed E-state index contributed by atoms with van der Waals surface area (Å²) in [6.07, 6.45) is 131. The van der Waals surface area contributed by atoms with E-state index in [9.17, 15) is 19.5 Å². The van der Waals surface area contributed by atoms with Crippen molar-refractivity contribution in [2.24, 2.45) is 0 Å². The molecule has 0 bridgehead atoms. The van der Waals surface area contributed by atoms with Gasteiger partial charge in [0.05, 0.1) is 34.4 Å². The summed E-state index contributed by atoms with van der Waals surface area (Å²) >= 11 is 0. The first-order valence-electron chi connectivity index (χ1n) is 40.8. The Morgan fingerprint density at radius 2 is 0.514 bits per heavy atom. The Labute approximate surface area is 643 Å². The molecule has 0 aromatic heterocycles. The van der Waals surface area contributed by atoms with E-state index in [4.69, 9.17) is 18.9 Å². The Morgan fingerprint density at radius 3 is 0.762 bits per heavy atom. The summed E-state index contributed by atoms with van der Waals surface area (Å²) in [7, 11) is 5.96. The lowest BCUT2D eigenvalue weighted by atomic mass is 10.1. The maximum absolute atomic E-state index is 13.0. The molecule has 584 valence electrons. The highest BCUT2D eigenvalue weighted by molar-refractivity contribution is 5.71. The Hall–Kier alpha value is -7.17. The van der Waals surface area contributed by atoms with Crippen LogP contribution in [0.5, 0.6) is 0 Å². The number of carboxylic acid groups (broad SMARTS) is 1. The van der Waals surface area contributed by atoms with Crippen molar-refractivity contribution in [1.29, 1.82) is 0 Å². The maximum atomic E-state index is 13.0. The number of likely N-dealkylation sites (N-methyl/N-ethyl adjacent to an activating group) is 1. The van der Waals surface area contributed by atoms with E-state index in [2.05, 4.69) is 269 Å². The van der Waals surface area contributed by atoms with Crippen LogP contribution < -0.4 is 0 Å². The van der Waals surface area contributed by atoms with Crippen molar-refractivity contribution in [3.8, 4) is 0 Å². The molecule has 0 aliphatic carbocycles. The molecule has 0 aliphatic rings. The van der Waals surface area contributed by atoms with Gasteiger partial charge in [-0.3, -0.25) is 9.59 Å². The van der Waals surface area contributed by atoms with E-state index < -0.39 is 24.3 Å². The van der Waals surface area contributed by atoms with Gasteiger partial charge in [-0.15, -0.1) is 0 Å². The molecule has 105 heavy (non-hydrogen) atoms. The zero-order chi connectivity index (χ0) is 76.0. The first-order chi connectivity index (χ1) is 51.6. The molecule has 0 heterocycles. The van der Waals surface area contributed by atoms with Crippen LogP contribution >= 0.6 is 0 Å². The Kier molecular flexibility index (Phi) is 76.9. The van der Waals surface area contributed by atoms with Gasteiger partial charge in [-0.1, -0.05) is 340 Å². The Bertz CT molecular complexity index is 2690. The number of unbranched alkanes of at least 4 members (excludes halogenated alkanes) is 15. The molecular weight excluding hydrogens is 1300 g/mol. The molecular formula is C96H148NO8+. The highest BCUT2D eigenvalue weighted by atomic mass is 16.7. The molecule has 0 radical (unpaired) electrons. The van der Waals surface area contributed by atoms with E-state index in [-0.39, 0.29) is 38.6 Å². The number of nitrogens with zero attached hydrogens (tertiary/aromatic N) is 1. The predicted octanol–water partition coefficient (Wildman–Crippen LogP) is 26.9. The fourth-order valence-electron chi connectivity index (χ4n) is 10.2. The minimum atomic E-state index is -1.54. The van der Waals surface area contributed by atoms with Crippen molar-refractivity contribution in [3.05, 3.63) is 255 Å². The van der Waals surface area contributed by atoms with E-state index in [1.54, 1.807) is 0 Å². The first-order valence-corrected chi connectivity index (χ1v) is 40.8. The van der Waals surface area contributed by atoms with E-state index in [1.807, 2.05) is 21.1 Å². The summed E-state index contributed by atoms with van der Waals surface area (Å²) in [5.74, 6) is -2.06. The van der Waals surface area contributed by atoms with Gasteiger partial charge in [0, 0.05) is 12.8 Å². The van der Waals surface area contributed by atoms with Crippen molar-refractivity contribution < 1.29 is 42.9 Å². The molecule has 0 spiro atoms. The van der Waals surface area contributed by atoms with Crippen LogP contribution in [-0.2, 0) is 33.3 Å². The molecule has 0 amide bonds. The summed E-state index contributed by atoms with van der Waals surface area (Å²) in [4.78, 5) is 37.8. The molecule has 2 unspecified atom stereocenters. The van der Waals surface area contributed by atoms with Crippen LogP contribution in [0.25, 0.3) is 0 Å². The van der Waals surface area contributed by atoms with Gasteiger partial charge < -0.3 is 28.5 Å². The van der Waals surface area contributed by atoms with Gasteiger partial charge in [0.2, 0.25) is 0 Å². The van der Waals surface area contributed by atoms with Crippen LogP contribution in [0.3, 0.4) is 0 Å². The van der Waals surface area contributed by atoms with Crippen molar-refractivity contribution in [3.63, 3.8) is 0 Å². The number of hydrogen-bond acceptors (Lipinski definition) is 7. The molecule has 0 aliphatic heterocycles. The SMILES string of the molecule is CC/C=C\C/C=C\C/C=C\C/C=C\C/C=C\C/C=C\C/C=C\C/C=C\C/C=C\C/C=C\C/C=C\CCCCCCCC(=O)OC(COC(=O)CCCCCCCCCCCC/C=C\C/C=C\C/C=C\C/C=C\C/C=C\C/C=C\C/C=C\C/C=C\C/C=C\C/C=C\CC)COC(OCC[N+](C)(C)C)C(=O)O. The van der Waals surface area contributed by atoms with Gasteiger partial charge in [0.1, 0.15) is 13.2 Å². The second-order valence-corrected chi connectivity index (χ2v) is 27.3. The molecule has 9 heteroatoms. The minimum Gasteiger partial charge on any atom is -0.477 e. The molecule has 1 N–H and O–H groups in total. The predicted molar refractivity (Wildman–Crippen MR) is 455 cm³/mol. The highest BCUT2D eigenvalue weighted by Gasteiger charge is 2.25. The van der Waals surface area contributed by atoms with Gasteiger partial charge in [-0.25, -0.2) is 4.79 Å². The van der Waals surface area contributed by atoms with Crippen LogP contribution in [0.15, 0.2) is 255 Å². The number of quaternary nitrogens is 1. The fraction of sp³-hybridized carbons (Fsp3) is 0.531. The lowest BCUT2D eigenvalue weighted by Gasteiger charge is -2.25. The molecule has 2 atom stereocenters. The topological polar surface area (TPSA) is 108 Å². The lowest BCUT2D eigenvalue weighted by molar-refractivity contribution is -0.870. The third-order valence-corrected chi connectivity index (χ3v) is 16.3. The summed E-state index contributed by atoms with van der Waals surface area (Å²) in [6, 6.07) is 0. The van der Waals surface area contributed by atoms with Crippen molar-refractivity contribution in [2.75, 3.05) is 47.5 Å². The number of carbonyl (C=O) groups excluding carboxylic acids is 2. The van der Waals surface area contributed by atoms with E-state index in [1.165, 1.54) is 38.5 Å². The minimum absolute atomic E-state index is 0.169. The molecule has 0 saturated heterocycles. The van der Waals surface area contributed by atoms with Crippen LogP contribution in [0.4, 0.5) is 0 Å². The number of carboxylic acids is 1. The summed E-state index contributed by atoms with van der Waals surface area (Å²) in [5, 5.41) is 9.78. The molecule has 0 saturated carbocycles. The Balaban J connectivity index is 4.20. The number of esters is 2.